The molecule has 1 atom stereocenters. The maximum absolute atomic E-state index is 11.5. The zero-order valence-corrected chi connectivity index (χ0v) is 17.3. The molecule has 0 bridgehead atoms. The Morgan fingerprint density at radius 2 is 1.81 bits per heavy atom. The average molecular weight is 374 g/mol. The van der Waals surface area contributed by atoms with Gasteiger partial charge in [-0.3, -0.25) is 14.7 Å². The van der Waals surface area contributed by atoms with Crippen LogP contribution in [0.25, 0.3) is 0 Å². The van der Waals surface area contributed by atoms with E-state index in [-0.39, 0.29) is 5.91 Å². The summed E-state index contributed by atoms with van der Waals surface area (Å²) in [4.78, 5) is 22.9. The van der Waals surface area contributed by atoms with Gasteiger partial charge in [0, 0.05) is 58.8 Å². The molecule has 6 nitrogen and oxygen atoms in total. The van der Waals surface area contributed by atoms with E-state index in [1.165, 1.54) is 5.56 Å². The highest BCUT2D eigenvalue weighted by Gasteiger charge is 2.20. The molecule has 1 aromatic carbocycles. The molecule has 1 aliphatic rings. The molecule has 0 radical (unpaired) electrons. The van der Waals surface area contributed by atoms with Crippen molar-refractivity contribution < 1.29 is 4.79 Å². The molecular formula is C21H35N5O. The molecule has 27 heavy (non-hydrogen) atoms. The maximum atomic E-state index is 11.5. The highest BCUT2D eigenvalue weighted by atomic mass is 16.2. The van der Waals surface area contributed by atoms with Crippen LogP contribution >= 0.6 is 0 Å². The Morgan fingerprint density at radius 1 is 1.19 bits per heavy atom. The van der Waals surface area contributed by atoms with Crippen molar-refractivity contribution in [3.63, 3.8) is 0 Å². The third-order valence-corrected chi connectivity index (χ3v) is 5.20. The van der Waals surface area contributed by atoms with Crippen molar-refractivity contribution in [2.75, 3.05) is 46.3 Å². The van der Waals surface area contributed by atoms with Crippen LogP contribution in [-0.2, 0) is 11.3 Å². The van der Waals surface area contributed by atoms with Crippen LogP contribution in [0, 0.1) is 0 Å². The zero-order valence-electron chi connectivity index (χ0n) is 17.3. The lowest BCUT2D eigenvalue weighted by atomic mass is 10.1. The number of carbonyl (C=O) groups is 1. The van der Waals surface area contributed by atoms with Crippen LogP contribution in [-0.4, -0.2) is 78.9 Å². The minimum atomic E-state index is 0.159. The SMILES string of the molecule is CCNC(=NCCC(C)N(C)Cc1ccccc1)N1CCN(C(C)=O)CC1. The van der Waals surface area contributed by atoms with E-state index in [2.05, 4.69) is 66.3 Å². The van der Waals surface area contributed by atoms with E-state index in [9.17, 15) is 4.79 Å². The summed E-state index contributed by atoms with van der Waals surface area (Å²) in [6.45, 7) is 11.8. The number of nitrogens with one attached hydrogen (secondary N) is 1. The lowest BCUT2D eigenvalue weighted by Crippen LogP contribution is -2.53. The quantitative estimate of drug-likeness (QED) is 0.587. The van der Waals surface area contributed by atoms with E-state index in [0.717, 1.165) is 58.2 Å². The predicted octanol–water partition coefficient (Wildman–Crippen LogP) is 2.03. The number of amides is 1. The number of benzene rings is 1. The molecular weight excluding hydrogens is 338 g/mol. The fraction of sp³-hybridized carbons (Fsp3) is 0.619. The number of carbonyl (C=O) groups excluding carboxylic acids is 1. The van der Waals surface area contributed by atoms with E-state index in [1.54, 1.807) is 6.92 Å². The summed E-state index contributed by atoms with van der Waals surface area (Å²) in [5, 5.41) is 3.40. The predicted molar refractivity (Wildman–Crippen MR) is 112 cm³/mol. The summed E-state index contributed by atoms with van der Waals surface area (Å²) in [6, 6.07) is 11.0. The van der Waals surface area contributed by atoms with Crippen molar-refractivity contribution in [2.45, 2.75) is 39.8 Å². The van der Waals surface area contributed by atoms with E-state index >= 15 is 0 Å². The van der Waals surface area contributed by atoms with Gasteiger partial charge in [0.25, 0.3) is 0 Å². The van der Waals surface area contributed by atoms with Crippen LogP contribution in [0.5, 0.6) is 0 Å². The Labute approximate surface area is 164 Å². The lowest BCUT2D eigenvalue weighted by Gasteiger charge is -2.36. The van der Waals surface area contributed by atoms with Gasteiger partial charge in [0.1, 0.15) is 0 Å². The number of hydrogen-bond acceptors (Lipinski definition) is 3. The number of guanidine groups is 1. The van der Waals surface area contributed by atoms with Gasteiger partial charge in [-0.25, -0.2) is 0 Å². The van der Waals surface area contributed by atoms with Gasteiger partial charge in [-0.2, -0.15) is 0 Å². The summed E-state index contributed by atoms with van der Waals surface area (Å²) < 4.78 is 0. The van der Waals surface area contributed by atoms with Gasteiger partial charge in [0.15, 0.2) is 5.96 Å². The summed E-state index contributed by atoms with van der Waals surface area (Å²) in [5.74, 6) is 1.13. The number of nitrogens with zero attached hydrogens (tertiary/aromatic N) is 4. The van der Waals surface area contributed by atoms with Gasteiger partial charge >= 0.3 is 0 Å². The van der Waals surface area contributed by atoms with Gasteiger partial charge in [0.05, 0.1) is 0 Å². The molecule has 150 valence electrons. The first-order valence-electron chi connectivity index (χ1n) is 10.0. The second-order valence-corrected chi connectivity index (χ2v) is 7.27. The Morgan fingerprint density at radius 3 is 2.41 bits per heavy atom. The van der Waals surface area contributed by atoms with Crippen molar-refractivity contribution in [1.29, 1.82) is 0 Å². The highest BCUT2D eigenvalue weighted by molar-refractivity contribution is 5.80. The number of hydrogen-bond donors (Lipinski definition) is 1. The number of rotatable bonds is 7. The third-order valence-electron chi connectivity index (χ3n) is 5.20. The van der Waals surface area contributed by atoms with Crippen molar-refractivity contribution in [2.24, 2.45) is 4.99 Å². The molecule has 1 N–H and O–H groups in total. The number of piperazine rings is 1. The van der Waals surface area contributed by atoms with Crippen LogP contribution in [0.1, 0.15) is 32.8 Å². The number of aliphatic imine (C=N–C) groups is 1. The highest BCUT2D eigenvalue weighted by Crippen LogP contribution is 2.09. The Bertz CT molecular complexity index is 596. The topological polar surface area (TPSA) is 51.2 Å². The van der Waals surface area contributed by atoms with Crippen molar-refractivity contribution >= 4 is 11.9 Å². The molecule has 0 aliphatic carbocycles. The Kier molecular flexibility index (Phi) is 8.58. The van der Waals surface area contributed by atoms with Crippen LogP contribution in [0.2, 0.25) is 0 Å². The molecule has 6 heteroatoms. The fourth-order valence-corrected chi connectivity index (χ4v) is 3.26. The molecule has 1 aromatic rings. The second-order valence-electron chi connectivity index (χ2n) is 7.27. The standard InChI is InChI=1S/C21H35N5O/c1-5-22-21(26-15-13-25(14-16-26)19(3)27)23-12-11-18(2)24(4)17-20-9-7-6-8-10-20/h6-10,18H,5,11-17H2,1-4H3,(H,22,23). The van der Waals surface area contributed by atoms with E-state index in [4.69, 9.17) is 4.99 Å². The first-order valence-corrected chi connectivity index (χ1v) is 10.0. The van der Waals surface area contributed by atoms with E-state index in [1.807, 2.05) is 4.90 Å². The summed E-state index contributed by atoms with van der Waals surface area (Å²) in [7, 11) is 2.17. The monoisotopic (exact) mass is 373 g/mol. The minimum absolute atomic E-state index is 0.159. The van der Waals surface area contributed by atoms with Gasteiger partial charge in [-0.1, -0.05) is 30.3 Å². The average Bonchev–Trinajstić information content (AvgIpc) is 2.68. The zero-order chi connectivity index (χ0) is 19.6. The van der Waals surface area contributed by atoms with Gasteiger partial charge in [-0.05, 0) is 32.9 Å². The largest absolute Gasteiger partial charge is 0.357 e. The molecule has 0 spiro atoms. The molecule has 1 heterocycles. The molecule has 1 amide bonds. The van der Waals surface area contributed by atoms with Crippen molar-refractivity contribution in [1.82, 2.24) is 20.0 Å². The molecule has 1 fully saturated rings. The first-order chi connectivity index (χ1) is 13.0. The van der Waals surface area contributed by atoms with Gasteiger partial charge in [0.2, 0.25) is 5.91 Å². The Balaban J connectivity index is 1.82. The second kappa shape index (κ2) is 10.9. The molecule has 0 saturated carbocycles. The van der Waals surface area contributed by atoms with Crippen LogP contribution < -0.4 is 5.32 Å². The third kappa shape index (κ3) is 6.86. The summed E-state index contributed by atoms with van der Waals surface area (Å²) >= 11 is 0. The normalized spacial score (nSPS) is 16.6. The minimum Gasteiger partial charge on any atom is -0.357 e. The van der Waals surface area contributed by atoms with Crippen LogP contribution in [0.15, 0.2) is 35.3 Å². The Hall–Kier alpha value is -2.08. The summed E-state index contributed by atoms with van der Waals surface area (Å²) in [6.07, 6.45) is 1.02. The molecule has 1 aliphatic heterocycles. The lowest BCUT2D eigenvalue weighted by molar-refractivity contribution is -0.130. The summed E-state index contributed by atoms with van der Waals surface area (Å²) in [5.41, 5.74) is 1.34. The van der Waals surface area contributed by atoms with Crippen molar-refractivity contribution in [3.05, 3.63) is 35.9 Å². The molecule has 2 rings (SSSR count). The van der Waals surface area contributed by atoms with E-state index in [0.29, 0.717) is 6.04 Å². The van der Waals surface area contributed by atoms with Gasteiger partial charge in [-0.15, -0.1) is 0 Å². The van der Waals surface area contributed by atoms with Crippen molar-refractivity contribution in [3.8, 4) is 0 Å². The van der Waals surface area contributed by atoms with E-state index < -0.39 is 0 Å². The van der Waals surface area contributed by atoms with Crippen LogP contribution in [0.4, 0.5) is 0 Å². The first kappa shape index (κ1) is 21.2. The fourth-order valence-electron chi connectivity index (χ4n) is 3.26. The van der Waals surface area contributed by atoms with Crippen LogP contribution in [0.3, 0.4) is 0 Å². The van der Waals surface area contributed by atoms with Gasteiger partial charge < -0.3 is 15.1 Å². The molecule has 0 aromatic heterocycles. The molecule has 1 unspecified atom stereocenters. The maximum Gasteiger partial charge on any atom is 0.219 e. The molecule has 1 saturated heterocycles. The smallest absolute Gasteiger partial charge is 0.219 e.